The highest BCUT2D eigenvalue weighted by molar-refractivity contribution is 5.71. The van der Waals surface area contributed by atoms with Crippen molar-refractivity contribution in [1.29, 1.82) is 0 Å². The average Bonchev–Trinajstić information content (AvgIpc) is 2.41. The molecule has 0 N–H and O–H groups in total. The van der Waals surface area contributed by atoms with Gasteiger partial charge in [0.2, 0.25) is 0 Å². The van der Waals surface area contributed by atoms with Crippen molar-refractivity contribution in [3.8, 4) is 0 Å². The fourth-order valence-electron chi connectivity index (χ4n) is 1.99. The molecule has 3 nitrogen and oxygen atoms in total. The molecule has 3 heteroatoms. The molecule has 0 bridgehead atoms. The molecule has 0 unspecified atom stereocenters. The van der Waals surface area contributed by atoms with Gasteiger partial charge in [-0.15, -0.1) is 0 Å². The Bertz CT molecular complexity index is 687. The molecule has 0 heterocycles. The third-order valence-corrected chi connectivity index (χ3v) is 3.43. The Morgan fingerprint density at radius 2 is 1.40 bits per heavy atom. The van der Waals surface area contributed by atoms with Gasteiger partial charge >= 0.3 is 0 Å². The molecule has 0 aliphatic rings. The van der Waals surface area contributed by atoms with Gasteiger partial charge in [0, 0.05) is 11.6 Å². The summed E-state index contributed by atoms with van der Waals surface area (Å²) in [5, 5.41) is 10.9. The first kappa shape index (κ1) is 14.0. The predicted molar refractivity (Wildman–Crippen MR) is 82.7 cm³/mol. The molecule has 0 saturated heterocycles. The summed E-state index contributed by atoms with van der Waals surface area (Å²) in [6.45, 7) is 5.89. The molecule has 20 heavy (non-hydrogen) atoms. The zero-order chi connectivity index (χ0) is 14.7. The van der Waals surface area contributed by atoms with Gasteiger partial charge in [-0.1, -0.05) is 42.5 Å². The number of hydrogen-bond acceptors (Lipinski definition) is 2. The largest absolute Gasteiger partial charge is 0.272 e. The van der Waals surface area contributed by atoms with E-state index in [1.807, 2.05) is 24.3 Å². The van der Waals surface area contributed by atoms with Gasteiger partial charge in [-0.05, 0) is 43.0 Å². The Kier molecular flexibility index (Phi) is 3.99. The van der Waals surface area contributed by atoms with Crippen molar-refractivity contribution in [3.63, 3.8) is 0 Å². The van der Waals surface area contributed by atoms with Crippen LogP contribution in [0.25, 0.3) is 12.2 Å². The van der Waals surface area contributed by atoms with Crippen LogP contribution >= 0.6 is 0 Å². The Labute approximate surface area is 118 Å². The van der Waals surface area contributed by atoms with Gasteiger partial charge in [0.1, 0.15) is 0 Å². The van der Waals surface area contributed by atoms with Gasteiger partial charge < -0.3 is 0 Å². The molecular formula is C17H17NO2. The van der Waals surface area contributed by atoms with E-state index in [4.69, 9.17) is 0 Å². The number of benzene rings is 2. The number of aryl methyl sites for hydroxylation is 3. The van der Waals surface area contributed by atoms with Gasteiger partial charge in [-0.2, -0.15) is 0 Å². The van der Waals surface area contributed by atoms with Crippen LogP contribution in [0.3, 0.4) is 0 Å². The van der Waals surface area contributed by atoms with Crippen LogP contribution in [0.2, 0.25) is 0 Å². The van der Waals surface area contributed by atoms with Crippen LogP contribution in [0.1, 0.15) is 27.8 Å². The van der Waals surface area contributed by atoms with Crippen LogP contribution in [-0.2, 0) is 0 Å². The number of nitro benzene ring substituents is 1. The van der Waals surface area contributed by atoms with Crippen molar-refractivity contribution in [1.82, 2.24) is 0 Å². The second-order valence-corrected chi connectivity index (χ2v) is 4.98. The minimum Gasteiger partial charge on any atom is -0.258 e. The van der Waals surface area contributed by atoms with E-state index in [1.54, 1.807) is 19.1 Å². The van der Waals surface area contributed by atoms with Gasteiger partial charge in [0.05, 0.1) is 4.92 Å². The lowest BCUT2D eigenvalue weighted by Gasteiger charge is -2.01. The monoisotopic (exact) mass is 267 g/mol. The van der Waals surface area contributed by atoms with Gasteiger partial charge in [0.25, 0.3) is 5.69 Å². The highest BCUT2D eigenvalue weighted by atomic mass is 16.6. The second kappa shape index (κ2) is 5.70. The van der Waals surface area contributed by atoms with E-state index in [0.29, 0.717) is 5.56 Å². The third kappa shape index (κ3) is 3.12. The van der Waals surface area contributed by atoms with Crippen LogP contribution in [0, 0.1) is 30.9 Å². The molecule has 0 aliphatic carbocycles. The van der Waals surface area contributed by atoms with Crippen LogP contribution in [0.5, 0.6) is 0 Å². The van der Waals surface area contributed by atoms with Crippen molar-refractivity contribution in [2.45, 2.75) is 20.8 Å². The van der Waals surface area contributed by atoms with E-state index < -0.39 is 0 Å². The van der Waals surface area contributed by atoms with Crippen LogP contribution in [-0.4, -0.2) is 4.92 Å². The van der Waals surface area contributed by atoms with Crippen LogP contribution in [0.4, 0.5) is 5.69 Å². The maximum Gasteiger partial charge on any atom is 0.272 e. The Morgan fingerprint density at radius 3 is 1.95 bits per heavy atom. The van der Waals surface area contributed by atoms with E-state index in [2.05, 4.69) is 26.0 Å². The molecular weight excluding hydrogens is 250 g/mol. The quantitative estimate of drug-likeness (QED) is 0.460. The maximum atomic E-state index is 10.9. The van der Waals surface area contributed by atoms with E-state index in [-0.39, 0.29) is 10.6 Å². The molecule has 0 fully saturated rings. The fourth-order valence-corrected chi connectivity index (χ4v) is 1.99. The van der Waals surface area contributed by atoms with Crippen molar-refractivity contribution in [3.05, 3.63) is 74.3 Å². The molecule has 102 valence electrons. The highest BCUT2D eigenvalue weighted by Gasteiger charge is 2.09. The number of nitrogens with zero attached hydrogens (tertiary/aromatic N) is 1. The summed E-state index contributed by atoms with van der Waals surface area (Å²) in [6.07, 6.45) is 3.87. The lowest BCUT2D eigenvalue weighted by atomic mass is 10.0. The molecule has 0 amide bonds. The van der Waals surface area contributed by atoms with Gasteiger partial charge in [-0.3, -0.25) is 10.1 Å². The molecule has 0 radical (unpaired) electrons. The highest BCUT2D eigenvalue weighted by Crippen LogP contribution is 2.21. The predicted octanol–water partition coefficient (Wildman–Crippen LogP) is 4.69. The summed E-state index contributed by atoms with van der Waals surface area (Å²) in [6, 6.07) is 11.5. The molecule has 0 aliphatic heterocycles. The maximum absolute atomic E-state index is 10.9. The smallest absolute Gasteiger partial charge is 0.258 e. The van der Waals surface area contributed by atoms with Gasteiger partial charge in [0.15, 0.2) is 0 Å². The number of nitro groups is 1. The molecule has 2 aromatic carbocycles. The molecule has 0 saturated carbocycles. The van der Waals surface area contributed by atoms with Crippen molar-refractivity contribution < 1.29 is 4.92 Å². The van der Waals surface area contributed by atoms with E-state index in [1.165, 1.54) is 11.1 Å². The lowest BCUT2D eigenvalue weighted by molar-refractivity contribution is -0.385. The summed E-state index contributed by atoms with van der Waals surface area (Å²) in [4.78, 5) is 10.6. The molecule has 0 aromatic heterocycles. The first-order chi connectivity index (χ1) is 9.47. The molecule has 0 spiro atoms. The number of hydrogen-bond donors (Lipinski definition) is 0. The van der Waals surface area contributed by atoms with Gasteiger partial charge in [-0.25, -0.2) is 0 Å². The fraction of sp³-hybridized carbons (Fsp3) is 0.176. The second-order valence-electron chi connectivity index (χ2n) is 4.98. The summed E-state index contributed by atoms with van der Waals surface area (Å²) in [7, 11) is 0. The summed E-state index contributed by atoms with van der Waals surface area (Å²) in [5.41, 5.74) is 5.26. The van der Waals surface area contributed by atoms with E-state index in [9.17, 15) is 10.1 Å². The Balaban J connectivity index is 2.29. The van der Waals surface area contributed by atoms with Crippen LogP contribution in [0.15, 0.2) is 36.4 Å². The van der Waals surface area contributed by atoms with Crippen molar-refractivity contribution in [2.24, 2.45) is 0 Å². The first-order valence-electron chi connectivity index (χ1n) is 6.48. The lowest BCUT2D eigenvalue weighted by Crippen LogP contribution is -1.91. The first-order valence-corrected chi connectivity index (χ1v) is 6.48. The normalized spacial score (nSPS) is 10.9. The molecule has 0 atom stereocenters. The molecule has 2 aromatic rings. The van der Waals surface area contributed by atoms with E-state index >= 15 is 0 Å². The summed E-state index contributed by atoms with van der Waals surface area (Å²) >= 11 is 0. The standard InChI is InChI=1S/C17H17NO2/c1-12-4-6-15(10-14(12)3)8-9-16-7-5-13(2)17(11-16)18(19)20/h4-11H,1-3H3/b9-8+. The van der Waals surface area contributed by atoms with Crippen molar-refractivity contribution >= 4 is 17.8 Å². The summed E-state index contributed by atoms with van der Waals surface area (Å²) in [5.74, 6) is 0. The molecule has 2 rings (SSSR count). The van der Waals surface area contributed by atoms with Crippen LogP contribution < -0.4 is 0 Å². The summed E-state index contributed by atoms with van der Waals surface area (Å²) < 4.78 is 0. The SMILES string of the molecule is Cc1ccc(/C=C/c2ccc(C)c([N+](=O)[O-])c2)cc1C. The Hall–Kier alpha value is -2.42. The zero-order valence-corrected chi connectivity index (χ0v) is 11.9. The average molecular weight is 267 g/mol. The topological polar surface area (TPSA) is 43.1 Å². The minimum absolute atomic E-state index is 0.159. The third-order valence-electron chi connectivity index (χ3n) is 3.43. The van der Waals surface area contributed by atoms with E-state index in [0.717, 1.165) is 11.1 Å². The Morgan fingerprint density at radius 1 is 0.850 bits per heavy atom. The number of rotatable bonds is 3. The zero-order valence-electron chi connectivity index (χ0n) is 11.9. The van der Waals surface area contributed by atoms with Crippen molar-refractivity contribution in [2.75, 3.05) is 0 Å². The minimum atomic E-state index is -0.345.